The molecule has 144 valence electrons. The van der Waals surface area contributed by atoms with Crippen LogP contribution < -0.4 is 4.74 Å². The Morgan fingerprint density at radius 3 is 2.65 bits per heavy atom. The largest absolute Gasteiger partial charge is 0.496 e. The molecule has 1 aromatic heterocycles. The molecule has 26 heavy (non-hydrogen) atoms. The van der Waals surface area contributed by atoms with Gasteiger partial charge in [-0.1, -0.05) is 32.0 Å². The van der Waals surface area contributed by atoms with Crippen molar-refractivity contribution in [2.75, 3.05) is 26.8 Å². The van der Waals surface area contributed by atoms with Crippen molar-refractivity contribution >= 4 is 0 Å². The van der Waals surface area contributed by atoms with Crippen molar-refractivity contribution in [3.8, 4) is 5.75 Å². The Bertz CT molecular complexity index is 612. The third-order valence-electron chi connectivity index (χ3n) is 4.21. The van der Waals surface area contributed by atoms with Crippen LogP contribution >= 0.6 is 0 Å². The van der Waals surface area contributed by atoms with Crippen molar-refractivity contribution in [1.82, 2.24) is 4.90 Å². The molecular formula is C21H31NO4. The molecule has 0 saturated carbocycles. The van der Waals surface area contributed by atoms with Crippen LogP contribution in [-0.2, 0) is 17.9 Å². The average molecular weight is 361 g/mol. The van der Waals surface area contributed by atoms with E-state index in [0.717, 1.165) is 36.6 Å². The molecule has 0 fully saturated rings. The maximum Gasteiger partial charge on any atom is 0.129 e. The van der Waals surface area contributed by atoms with E-state index in [0.29, 0.717) is 19.1 Å². The van der Waals surface area contributed by atoms with Gasteiger partial charge in [-0.25, -0.2) is 0 Å². The molecule has 5 heteroatoms. The Labute approximate surface area is 156 Å². The Morgan fingerprint density at radius 2 is 1.96 bits per heavy atom. The number of ether oxygens (including phenoxy) is 2. The van der Waals surface area contributed by atoms with Gasteiger partial charge in [0.1, 0.15) is 18.1 Å². The fourth-order valence-corrected chi connectivity index (χ4v) is 2.79. The normalized spacial score (nSPS) is 12.7. The highest BCUT2D eigenvalue weighted by Gasteiger charge is 2.15. The minimum atomic E-state index is -0.549. The molecule has 5 nitrogen and oxygen atoms in total. The Hall–Kier alpha value is -1.82. The second-order valence-electron chi connectivity index (χ2n) is 6.98. The van der Waals surface area contributed by atoms with Crippen LogP contribution in [0.15, 0.2) is 47.1 Å². The predicted octanol–water partition coefficient (Wildman–Crippen LogP) is 3.71. The summed E-state index contributed by atoms with van der Waals surface area (Å²) in [4.78, 5) is 2.26. The van der Waals surface area contributed by atoms with Crippen LogP contribution in [-0.4, -0.2) is 42.9 Å². The zero-order chi connectivity index (χ0) is 18.8. The minimum Gasteiger partial charge on any atom is -0.496 e. The highest BCUT2D eigenvalue weighted by molar-refractivity contribution is 5.33. The van der Waals surface area contributed by atoms with Gasteiger partial charge in [-0.3, -0.25) is 4.90 Å². The lowest BCUT2D eigenvalue weighted by molar-refractivity contribution is 0.00317. The molecule has 0 amide bonds. The zero-order valence-corrected chi connectivity index (χ0v) is 16.1. The molecule has 0 spiro atoms. The van der Waals surface area contributed by atoms with Crippen LogP contribution in [0.4, 0.5) is 0 Å². The van der Waals surface area contributed by atoms with Gasteiger partial charge >= 0.3 is 0 Å². The van der Waals surface area contributed by atoms with Crippen LogP contribution in [0.3, 0.4) is 0 Å². The first-order valence-corrected chi connectivity index (χ1v) is 9.21. The Morgan fingerprint density at radius 1 is 1.15 bits per heavy atom. The van der Waals surface area contributed by atoms with Gasteiger partial charge < -0.3 is 19.0 Å². The number of methoxy groups -OCH3 is 1. The number of furan rings is 1. The first-order valence-electron chi connectivity index (χ1n) is 9.21. The number of benzene rings is 1. The van der Waals surface area contributed by atoms with E-state index < -0.39 is 6.10 Å². The minimum absolute atomic E-state index is 0.283. The van der Waals surface area contributed by atoms with E-state index >= 15 is 0 Å². The van der Waals surface area contributed by atoms with Gasteiger partial charge in [0.25, 0.3) is 0 Å². The van der Waals surface area contributed by atoms with E-state index in [9.17, 15) is 5.11 Å². The summed E-state index contributed by atoms with van der Waals surface area (Å²) in [5.74, 6) is 2.26. The number of nitrogens with zero attached hydrogens (tertiary/aromatic N) is 1. The number of para-hydroxylation sites is 1. The summed E-state index contributed by atoms with van der Waals surface area (Å²) >= 11 is 0. The molecule has 1 unspecified atom stereocenters. The van der Waals surface area contributed by atoms with E-state index in [1.807, 2.05) is 30.3 Å². The summed E-state index contributed by atoms with van der Waals surface area (Å²) in [6.07, 6.45) is 2.15. The smallest absolute Gasteiger partial charge is 0.129 e. The van der Waals surface area contributed by atoms with E-state index in [1.165, 1.54) is 0 Å². The molecule has 1 N–H and O–H groups in total. The highest BCUT2D eigenvalue weighted by atomic mass is 16.5. The van der Waals surface area contributed by atoms with Gasteiger partial charge in [-0.15, -0.1) is 0 Å². The second kappa shape index (κ2) is 11.0. The van der Waals surface area contributed by atoms with E-state index in [4.69, 9.17) is 13.9 Å². The third kappa shape index (κ3) is 7.20. The summed E-state index contributed by atoms with van der Waals surface area (Å²) < 4.78 is 16.3. The van der Waals surface area contributed by atoms with Gasteiger partial charge in [0, 0.05) is 18.7 Å². The summed E-state index contributed by atoms with van der Waals surface area (Å²) in [5, 5.41) is 10.4. The number of hydrogen-bond donors (Lipinski definition) is 1. The van der Waals surface area contributed by atoms with E-state index in [1.54, 1.807) is 13.4 Å². The topological polar surface area (TPSA) is 55.1 Å². The maximum atomic E-state index is 10.4. The number of aliphatic hydroxyl groups excluding tert-OH is 1. The third-order valence-corrected chi connectivity index (χ3v) is 4.21. The monoisotopic (exact) mass is 361 g/mol. The van der Waals surface area contributed by atoms with Gasteiger partial charge in [0.05, 0.1) is 26.1 Å². The lowest BCUT2D eigenvalue weighted by Gasteiger charge is -2.26. The standard InChI is InChI=1S/C21H31NO4/c1-17(2)10-11-22(13-18-7-4-5-9-21(18)24-3)14-19(23)15-25-16-20-8-6-12-26-20/h4-9,12,17,19,23H,10-11,13-16H2,1-3H3. The van der Waals surface area contributed by atoms with Crippen molar-refractivity contribution in [3.05, 3.63) is 54.0 Å². The molecule has 0 aliphatic rings. The summed E-state index contributed by atoms with van der Waals surface area (Å²) in [7, 11) is 1.69. The summed E-state index contributed by atoms with van der Waals surface area (Å²) in [6.45, 7) is 7.31. The molecule has 0 radical (unpaired) electrons. The van der Waals surface area contributed by atoms with Crippen LogP contribution in [0.1, 0.15) is 31.6 Å². The zero-order valence-electron chi connectivity index (χ0n) is 16.1. The van der Waals surface area contributed by atoms with Gasteiger partial charge in [-0.2, -0.15) is 0 Å². The van der Waals surface area contributed by atoms with Crippen molar-refractivity contribution in [3.63, 3.8) is 0 Å². The van der Waals surface area contributed by atoms with Crippen LogP contribution in [0, 0.1) is 5.92 Å². The van der Waals surface area contributed by atoms with Crippen molar-refractivity contribution in [1.29, 1.82) is 0 Å². The molecule has 1 aromatic carbocycles. The molecule has 0 bridgehead atoms. The molecule has 1 heterocycles. The second-order valence-corrected chi connectivity index (χ2v) is 6.98. The molecular weight excluding hydrogens is 330 g/mol. The maximum absolute atomic E-state index is 10.4. The lowest BCUT2D eigenvalue weighted by atomic mass is 10.1. The number of hydrogen-bond acceptors (Lipinski definition) is 5. The van der Waals surface area contributed by atoms with E-state index in [2.05, 4.69) is 24.8 Å². The van der Waals surface area contributed by atoms with Gasteiger partial charge in [0.2, 0.25) is 0 Å². The number of aliphatic hydroxyl groups is 1. The fraction of sp³-hybridized carbons (Fsp3) is 0.524. The first-order chi connectivity index (χ1) is 12.6. The van der Waals surface area contributed by atoms with Crippen molar-refractivity contribution in [2.45, 2.75) is 39.5 Å². The highest BCUT2D eigenvalue weighted by Crippen LogP contribution is 2.20. The molecule has 1 atom stereocenters. The van der Waals surface area contributed by atoms with Crippen molar-refractivity contribution < 1.29 is 19.0 Å². The van der Waals surface area contributed by atoms with Gasteiger partial charge in [-0.05, 0) is 37.1 Å². The molecule has 2 aromatic rings. The lowest BCUT2D eigenvalue weighted by Crippen LogP contribution is -2.35. The summed E-state index contributed by atoms with van der Waals surface area (Å²) in [5.41, 5.74) is 1.13. The Balaban J connectivity index is 1.88. The molecule has 2 rings (SSSR count). The quantitative estimate of drug-likeness (QED) is 0.624. The van der Waals surface area contributed by atoms with E-state index in [-0.39, 0.29) is 6.61 Å². The molecule has 0 aliphatic carbocycles. The van der Waals surface area contributed by atoms with Gasteiger partial charge in [0.15, 0.2) is 0 Å². The average Bonchev–Trinajstić information content (AvgIpc) is 3.13. The van der Waals surface area contributed by atoms with Crippen LogP contribution in [0.25, 0.3) is 0 Å². The summed E-state index contributed by atoms with van der Waals surface area (Å²) in [6, 6.07) is 11.7. The predicted molar refractivity (Wildman–Crippen MR) is 102 cm³/mol. The van der Waals surface area contributed by atoms with Crippen LogP contribution in [0.5, 0.6) is 5.75 Å². The SMILES string of the molecule is COc1ccccc1CN(CCC(C)C)CC(O)COCc1ccco1. The Kier molecular flexibility index (Phi) is 8.68. The molecule has 0 aliphatic heterocycles. The van der Waals surface area contributed by atoms with Crippen molar-refractivity contribution in [2.24, 2.45) is 5.92 Å². The fourth-order valence-electron chi connectivity index (χ4n) is 2.79. The first kappa shape index (κ1) is 20.5. The number of rotatable bonds is 12. The molecule has 0 saturated heterocycles. The van der Waals surface area contributed by atoms with Crippen LogP contribution in [0.2, 0.25) is 0 Å².